The molecule has 1 aliphatic rings. The molecule has 0 aliphatic carbocycles. The monoisotopic (exact) mass is 448 g/mol. The Morgan fingerprint density at radius 1 is 0.909 bits per heavy atom. The third-order valence-corrected chi connectivity index (χ3v) is 5.95. The summed E-state index contributed by atoms with van der Waals surface area (Å²) in [5.74, 6) is 1.44. The van der Waals surface area contributed by atoms with Gasteiger partial charge in [0.2, 0.25) is 5.91 Å². The summed E-state index contributed by atoms with van der Waals surface area (Å²) in [6.45, 7) is 4.23. The summed E-state index contributed by atoms with van der Waals surface area (Å²) < 4.78 is 11.9. The van der Waals surface area contributed by atoms with Crippen LogP contribution in [-0.2, 0) is 4.79 Å². The van der Waals surface area contributed by atoms with Crippen molar-refractivity contribution in [2.75, 3.05) is 45.3 Å². The van der Waals surface area contributed by atoms with Crippen LogP contribution in [0.4, 0.5) is 5.69 Å². The zero-order valence-electron chi connectivity index (χ0n) is 19.1. The third kappa shape index (κ3) is 4.69. The number of benzene rings is 2. The van der Waals surface area contributed by atoms with E-state index in [1.54, 1.807) is 32.1 Å². The Kier molecular flexibility index (Phi) is 6.63. The number of ether oxygens (including phenoxy) is 2. The van der Waals surface area contributed by atoms with Crippen LogP contribution in [0, 0.1) is 0 Å². The largest absolute Gasteiger partial charge is 0.497 e. The van der Waals surface area contributed by atoms with Gasteiger partial charge in [0.25, 0.3) is 5.56 Å². The van der Waals surface area contributed by atoms with E-state index in [2.05, 4.69) is 10.00 Å². The number of methoxy groups -OCH3 is 2. The fourth-order valence-electron chi connectivity index (χ4n) is 4.05. The van der Waals surface area contributed by atoms with Crippen molar-refractivity contribution in [1.29, 1.82) is 0 Å². The number of nitrogens with zero attached hydrogens (tertiary/aromatic N) is 4. The van der Waals surface area contributed by atoms with Crippen molar-refractivity contribution >= 4 is 11.6 Å². The van der Waals surface area contributed by atoms with E-state index in [-0.39, 0.29) is 11.5 Å². The average Bonchev–Trinajstić information content (AvgIpc) is 2.88. The molecule has 1 aliphatic heterocycles. The molecule has 1 fully saturated rings. The summed E-state index contributed by atoms with van der Waals surface area (Å²) >= 11 is 0. The van der Waals surface area contributed by atoms with Crippen LogP contribution in [0.15, 0.2) is 65.5 Å². The summed E-state index contributed by atoms with van der Waals surface area (Å²) in [6, 6.07) is 17.7. The molecular weight excluding hydrogens is 420 g/mol. The molecule has 0 spiro atoms. The second-order valence-corrected chi connectivity index (χ2v) is 7.89. The van der Waals surface area contributed by atoms with Gasteiger partial charge in [-0.25, -0.2) is 4.68 Å². The van der Waals surface area contributed by atoms with Crippen molar-refractivity contribution in [1.82, 2.24) is 14.7 Å². The highest BCUT2D eigenvalue weighted by molar-refractivity contribution is 5.80. The van der Waals surface area contributed by atoms with Gasteiger partial charge in [-0.3, -0.25) is 9.59 Å². The first-order valence-electron chi connectivity index (χ1n) is 10.9. The molecule has 1 atom stereocenters. The lowest BCUT2D eigenvalue weighted by atomic mass is 10.1. The molecule has 8 nitrogen and oxygen atoms in total. The van der Waals surface area contributed by atoms with E-state index in [4.69, 9.17) is 9.47 Å². The molecule has 0 bridgehead atoms. The van der Waals surface area contributed by atoms with Gasteiger partial charge >= 0.3 is 0 Å². The fourth-order valence-corrected chi connectivity index (χ4v) is 4.05. The quantitative estimate of drug-likeness (QED) is 0.577. The number of anilines is 1. The number of piperazine rings is 1. The van der Waals surface area contributed by atoms with E-state index in [1.165, 1.54) is 10.7 Å². The van der Waals surface area contributed by atoms with Crippen LogP contribution in [0.3, 0.4) is 0 Å². The third-order valence-electron chi connectivity index (χ3n) is 5.95. The van der Waals surface area contributed by atoms with E-state index in [1.807, 2.05) is 48.5 Å². The molecule has 8 heteroatoms. The van der Waals surface area contributed by atoms with Crippen molar-refractivity contribution in [3.8, 4) is 22.8 Å². The number of para-hydroxylation sites is 2. The zero-order valence-corrected chi connectivity index (χ0v) is 19.1. The van der Waals surface area contributed by atoms with Crippen molar-refractivity contribution in [3.05, 3.63) is 71.0 Å². The van der Waals surface area contributed by atoms with Crippen LogP contribution >= 0.6 is 0 Å². The maximum Gasteiger partial charge on any atom is 0.267 e. The maximum atomic E-state index is 13.2. The van der Waals surface area contributed by atoms with E-state index >= 15 is 0 Å². The first-order chi connectivity index (χ1) is 16.0. The van der Waals surface area contributed by atoms with E-state index in [0.29, 0.717) is 31.9 Å². The van der Waals surface area contributed by atoms with Gasteiger partial charge in [0.05, 0.1) is 25.6 Å². The van der Waals surface area contributed by atoms with Crippen molar-refractivity contribution in [2.24, 2.45) is 0 Å². The summed E-state index contributed by atoms with van der Waals surface area (Å²) in [5, 5.41) is 4.49. The molecular formula is C25H28N4O4. The normalized spacial score (nSPS) is 14.6. The zero-order chi connectivity index (χ0) is 23.4. The minimum atomic E-state index is -0.700. The smallest absolute Gasteiger partial charge is 0.267 e. The number of hydrogen-bond donors (Lipinski definition) is 0. The van der Waals surface area contributed by atoms with Gasteiger partial charge in [0, 0.05) is 37.8 Å². The number of amides is 1. The topological polar surface area (TPSA) is 76.9 Å². The van der Waals surface area contributed by atoms with Gasteiger partial charge in [-0.15, -0.1) is 0 Å². The molecule has 1 amide bonds. The van der Waals surface area contributed by atoms with Crippen molar-refractivity contribution in [3.63, 3.8) is 0 Å². The summed E-state index contributed by atoms with van der Waals surface area (Å²) in [5.41, 5.74) is 2.18. The van der Waals surface area contributed by atoms with Gasteiger partial charge in [-0.05, 0) is 49.4 Å². The number of carbonyl (C=O) groups is 1. The number of carbonyl (C=O) groups excluding carboxylic acids is 1. The Labute approximate surface area is 193 Å². The first-order valence-corrected chi connectivity index (χ1v) is 10.9. The second-order valence-electron chi connectivity index (χ2n) is 7.89. The first kappa shape index (κ1) is 22.4. The summed E-state index contributed by atoms with van der Waals surface area (Å²) in [6.07, 6.45) is 0. The fraction of sp³-hybridized carbons (Fsp3) is 0.320. The molecule has 1 saturated heterocycles. The standard InChI is InChI=1S/C25H28N4O4/c1-18(29-24(30)13-12-21(26-29)19-8-10-20(32-2)11-9-19)25(31)28-16-14-27(15-17-28)22-6-4-5-7-23(22)33-3/h4-13,18H,14-17H2,1-3H3. The summed E-state index contributed by atoms with van der Waals surface area (Å²) in [7, 11) is 3.27. The SMILES string of the molecule is COc1ccc(-c2ccc(=O)n(C(C)C(=O)N3CCN(c4ccccc4OC)CC3)n2)cc1. The van der Waals surface area contributed by atoms with Gasteiger partial charge in [-0.2, -0.15) is 5.10 Å². The highest BCUT2D eigenvalue weighted by atomic mass is 16.5. The van der Waals surface area contributed by atoms with Crippen LogP contribution in [-0.4, -0.2) is 61.0 Å². The van der Waals surface area contributed by atoms with Crippen LogP contribution in [0.5, 0.6) is 11.5 Å². The van der Waals surface area contributed by atoms with E-state index in [9.17, 15) is 9.59 Å². The van der Waals surface area contributed by atoms with Crippen LogP contribution in [0.2, 0.25) is 0 Å². The minimum absolute atomic E-state index is 0.115. The Morgan fingerprint density at radius 3 is 2.27 bits per heavy atom. The molecule has 0 radical (unpaired) electrons. The molecule has 3 aromatic rings. The molecule has 33 heavy (non-hydrogen) atoms. The summed E-state index contributed by atoms with van der Waals surface area (Å²) in [4.78, 5) is 29.7. The predicted molar refractivity (Wildman–Crippen MR) is 127 cm³/mol. The maximum absolute atomic E-state index is 13.2. The molecule has 0 saturated carbocycles. The number of hydrogen-bond acceptors (Lipinski definition) is 6. The molecule has 4 rings (SSSR count). The van der Waals surface area contributed by atoms with Gasteiger partial charge < -0.3 is 19.3 Å². The molecule has 1 unspecified atom stereocenters. The predicted octanol–water partition coefficient (Wildman–Crippen LogP) is 2.84. The van der Waals surface area contributed by atoms with Crippen molar-refractivity contribution in [2.45, 2.75) is 13.0 Å². The number of rotatable bonds is 6. The lowest BCUT2D eigenvalue weighted by Crippen LogP contribution is -2.51. The van der Waals surface area contributed by atoms with Crippen LogP contribution in [0.1, 0.15) is 13.0 Å². The number of aromatic nitrogens is 2. The van der Waals surface area contributed by atoms with Crippen LogP contribution in [0.25, 0.3) is 11.3 Å². The van der Waals surface area contributed by atoms with Crippen molar-refractivity contribution < 1.29 is 14.3 Å². The molecule has 2 heterocycles. The Bertz CT molecular complexity index is 1170. The van der Waals surface area contributed by atoms with Gasteiger partial charge in [0.1, 0.15) is 17.5 Å². The molecule has 172 valence electrons. The Balaban J connectivity index is 1.47. The van der Waals surface area contributed by atoms with E-state index in [0.717, 1.165) is 22.7 Å². The lowest BCUT2D eigenvalue weighted by molar-refractivity contribution is -0.135. The minimum Gasteiger partial charge on any atom is -0.497 e. The van der Waals surface area contributed by atoms with E-state index < -0.39 is 6.04 Å². The van der Waals surface area contributed by atoms with Gasteiger partial charge in [-0.1, -0.05) is 12.1 Å². The highest BCUT2D eigenvalue weighted by Crippen LogP contribution is 2.28. The highest BCUT2D eigenvalue weighted by Gasteiger charge is 2.28. The second kappa shape index (κ2) is 9.77. The van der Waals surface area contributed by atoms with Crippen LogP contribution < -0.4 is 19.9 Å². The molecule has 2 aromatic carbocycles. The molecule has 0 N–H and O–H groups in total. The molecule has 1 aromatic heterocycles. The lowest BCUT2D eigenvalue weighted by Gasteiger charge is -2.37. The van der Waals surface area contributed by atoms with Gasteiger partial charge in [0.15, 0.2) is 0 Å². The Hall–Kier alpha value is -3.81. The Morgan fingerprint density at radius 2 is 1.61 bits per heavy atom. The average molecular weight is 449 g/mol.